The number of carbonyl (C=O) groups excluding carboxylic acids is 2. The summed E-state index contributed by atoms with van der Waals surface area (Å²) in [5.41, 5.74) is 2.18. The van der Waals surface area contributed by atoms with Gasteiger partial charge < -0.3 is 23.8 Å². The number of benzene rings is 2. The van der Waals surface area contributed by atoms with Gasteiger partial charge in [-0.15, -0.1) is 5.10 Å². The van der Waals surface area contributed by atoms with Gasteiger partial charge in [0, 0.05) is 65.9 Å². The summed E-state index contributed by atoms with van der Waals surface area (Å²) in [6.45, 7) is 6.79. The van der Waals surface area contributed by atoms with Crippen molar-refractivity contribution in [1.82, 2.24) is 15.0 Å². The van der Waals surface area contributed by atoms with Crippen molar-refractivity contribution in [3.05, 3.63) is 70.0 Å². The molecule has 0 bridgehead atoms. The van der Waals surface area contributed by atoms with Crippen molar-refractivity contribution in [2.75, 3.05) is 23.0 Å². The van der Waals surface area contributed by atoms with Gasteiger partial charge in [-0.1, -0.05) is 40.2 Å². The number of carbonyl (C=O) groups is 2. The monoisotopic (exact) mass is 655 g/mol. The van der Waals surface area contributed by atoms with Crippen LogP contribution in [0.5, 0.6) is 0 Å². The van der Waals surface area contributed by atoms with E-state index in [4.69, 9.17) is 4.74 Å². The summed E-state index contributed by atoms with van der Waals surface area (Å²) in [6, 6.07) is 13.5. The van der Waals surface area contributed by atoms with E-state index in [1.165, 1.54) is 0 Å². The summed E-state index contributed by atoms with van der Waals surface area (Å²) >= 11 is 3.59. The van der Waals surface area contributed by atoms with Gasteiger partial charge in [0.1, 0.15) is 0 Å². The maximum absolute atomic E-state index is 16.1. The van der Waals surface area contributed by atoms with Crippen LogP contribution in [0.25, 0.3) is 0 Å². The number of fused-ring (bicyclic) bond motifs is 2. The number of rotatable bonds is 9. The Morgan fingerprint density at radius 3 is 2.71 bits per heavy atom. The van der Waals surface area contributed by atoms with Crippen LogP contribution in [0, 0.1) is 5.92 Å². The molecule has 42 heavy (non-hydrogen) atoms. The first-order chi connectivity index (χ1) is 20.0. The Hall–Kier alpha value is -2.93. The molecule has 0 saturated carbocycles. The summed E-state index contributed by atoms with van der Waals surface area (Å²) in [4.78, 5) is 30.1. The number of aliphatic hydroxyl groups excluding tert-OH is 1. The Balaban J connectivity index is 1.33. The minimum Gasteiger partial charge on any atom is -0.396 e. The van der Waals surface area contributed by atoms with Gasteiger partial charge in [-0.25, -0.2) is 0 Å². The van der Waals surface area contributed by atoms with Gasteiger partial charge in [0.15, 0.2) is 5.60 Å². The fourth-order valence-electron chi connectivity index (χ4n) is 6.98. The number of hydrogen-bond donors (Lipinski definition) is 1. The minimum atomic E-state index is -3.30. The second-order valence-electron chi connectivity index (χ2n) is 12.0. The van der Waals surface area contributed by atoms with E-state index in [2.05, 4.69) is 26.2 Å². The van der Waals surface area contributed by atoms with Crippen molar-refractivity contribution in [2.45, 2.75) is 69.6 Å². The lowest BCUT2D eigenvalue weighted by molar-refractivity contribution is -0.146. The third-order valence-corrected chi connectivity index (χ3v) is 11.9. The predicted molar refractivity (Wildman–Crippen MR) is 162 cm³/mol. The van der Waals surface area contributed by atoms with E-state index in [-0.39, 0.29) is 18.4 Å². The minimum absolute atomic E-state index is 0.0115. The fraction of sp³-hybridized carbons (Fsp3) is 0.467. The molecular weight excluding hydrogens is 621 g/mol. The molecule has 3 aliphatic heterocycles. The van der Waals surface area contributed by atoms with Crippen LogP contribution in [0.3, 0.4) is 0 Å². The lowest BCUT2D eigenvalue weighted by Crippen LogP contribution is -2.45. The van der Waals surface area contributed by atoms with Crippen LogP contribution in [-0.4, -0.2) is 59.6 Å². The van der Waals surface area contributed by atoms with E-state index in [1.54, 1.807) is 33.8 Å². The largest absolute Gasteiger partial charge is 0.396 e. The summed E-state index contributed by atoms with van der Waals surface area (Å²) in [5, 5.41) is 17.5. The first-order valence-electron chi connectivity index (χ1n) is 14.4. The second-order valence-corrected chi connectivity index (χ2v) is 16.7. The van der Waals surface area contributed by atoms with Crippen molar-refractivity contribution in [1.29, 1.82) is 0 Å². The molecule has 0 unspecified atom stereocenters. The number of anilines is 2. The summed E-state index contributed by atoms with van der Waals surface area (Å²) < 4.78 is 25.4. The standard InChI is InChI=1S/C30H35BrFN5O4Si/c1-19-28(42(2,3)32)26(9-12-35-18-22(11-14-38)33-34-35)41-30(19)24-16-21(31)7-8-25(24)37(29(30)40)17-20-5-4-6-23(15-20)36-13-10-27(36)39/h4-8,15-16,18-19,26,28,38H,9-14,17H2,1-3H3/t19-,26+,28-,30+/m0/s1. The average Bonchev–Trinajstić information content (AvgIpc) is 3.57. The third kappa shape index (κ3) is 4.91. The lowest BCUT2D eigenvalue weighted by Gasteiger charge is -2.32. The Bertz CT molecular complexity index is 1530. The summed E-state index contributed by atoms with van der Waals surface area (Å²) in [7, 11) is -3.30. The van der Waals surface area contributed by atoms with Crippen LogP contribution >= 0.6 is 15.9 Å². The van der Waals surface area contributed by atoms with Crippen LogP contribution in [0.1, 0.15) is 36.6 Å². The zero-order valence-electron chi connectivity index (χ0n) is 24.0. The predicted octanol–water partition coefficient (Wildman–Crippen LogP) is 4.72. The highest BCUT2D eigenvalue weighted by Gasteiger charge is 2.66. The molecule has 6 rings (SSSR count). The van der Waals surface area contributed by atoms with Gasteiger partial charge in [0.05, 0.1) is 24.0 Å². The fourth-order valence-corrected chi connectivity index (χ4v) is 9.88. The smallest absolute Gasteiger partial charge is 0.264 e. The van der Waals surface area contributed by atoms with Crippen LogP contribution in [-0.2, 0) is 39.4 Å². The van der Waals surface area contributed by atoms with Crippen molar-refractivity contribution in [3.63, 3.8) is 0 Å². The number of halogens is 2. The van der Waals surface area contributed by atoms with Gasteiger partial charge in [-0.05, 0) is 55.4 Å². The molecule has 1 aromatic heterocycles. The molecule has 222 valence electrons. The molecule has 2 aromatic carbocycles. The number of β-lactam (4-membered cyclic amide) rings is 1. The molecular formula is C30H35BrFN5O4Si. The van der Waals surface area contributed by atoms with E-state index < -0.39 is 31.6 Å². The number of aromatic nitrogens is 3. The van der Waals surface area contributed by atoms with Crippen molar-refractivity contribution in [2.24, 2.45) is 5.92 Å². The molecule has 2 fully saturated rings. The number of aliphatic hydroxyl groups is 1. The van der Waals surface area contributed by atoms with Crippen LogP contribution in [0.4, 0.5) is 15.5 Å². The molecule has 0 aliphatic carbocycles. The van der Waals surface area contributed by atoms with Crippen molar-refractivity contribution >= 4 is 47.5 Å². The van der Waals surface area contributed by atoms with E-state index in [9.17, 15) is 14.7 Å². The second kappa shape index (κ2) is 11.0. The summed E-state index contributed by atoms with van der Waals surface area (Å²) in [5.74, 6) is -0.493. The molecule has 1 N–H and O–H groups in total. The maximum Gasteiger partial charge on any atom is 0.264 e. The van der Waals surface area contributed by atoms with E-state index in [0.717, 1.165) is 27.0 Å². The number of amides is 2. The van der Waals surface area contributed by atoms with Crippen LogP contribution in [0.2, 0.25) is 18.6 Å². The Labute approximate surface area is 254 Å². The van der Waals surface area contributed by atoms with E-state index in [1.807, 2.05) is 49.4 Å². The highest BCUT2D eigenvalue weighted by molar-refractivity contribution is 9.10. The van der Waals surface area contributed by atoms with Gasteiger partial charge in [-0.2, -0.15) is 0 Å². The van der Waals surface area contributed by atoms with Crippen LogP contribution in [0.15, 0.2) is 53.1 Å². The third-order valence-electron chi connectivity index (χ3n) is 8.93. The molecule has 2 saturated heterocycles. The molecule has 4 heterocycles. The Kier molecular flexibility index (Phi) is 7.61. The number of nitrogens with zero attached hydrogens (tertiary/aromatic N) is 5. The molecule has 2 amide bonds. The number of ether oxygens (including phenoxy) is 1. The zero-order chi connectivity index (χ0) is 29.8. The Morgan fingerprint density at radius 1 is 1.21 bits per heavy atom. The number of aryl methyl sites for hydroxylation is 1. The van der Waals surface area contributed by atoms with Gasteiger partial charge >= 0.3 is 0 Å². The van der Waals surface area contributed by atoms with Crippen molar-refractivity contribution in [3.8, 4) is 0 Å². The number of hydrogen-bond acceptors (Lipinski definition) is 6. The topological polar surface area (TPSA) is 101 Å². The molecule has 0 radical (unpaired) electrons. The maximum atomic E-state index is 16.1. The first kappa shape index (κ1) is 29.2. The van der Waals surface area contributed by atoms with Gasteiger partial charge in [-0.3, -0.25) is 14.3 Å². The first-order valence-corrected chi connectivity index (χ1v) is 18.2. The summed E-state index contributed by atoms with van der Waals surface area (Å²) in [6.07, 6.45) is 2.73. The zero-order valence-corrected chi connectivity index (χ0v) is 26.6. The van der Waals surface area contributed by atoms with E-state index in [0.29, 0.717) is 44.6 Å². The van der Waals surface area contributed by atoms with E-state index >= 15 is 4.11 Å². The quantitative estimate of drug-likeness (QED) is 0.203. The molecule has 3 aromatic rings. The highest BCUT2D eigenvalue weighted by atomic mass is 79.9. The van der Waals surface area contributed by atoms with Crippen LogP contribution < -0.4 is 9.80 Å². The molecule has 4 atom stereocenters. The normalized spacial score (nSPS) is 25.4. The molecule has 9 nitrogen and oxygen atoms in total. The molecule has 12 heteroatoms. The molecule has 3 aliphatic rings. The van der Waals surface area contributed by atoms with Crippen molar-refractivity contribution < 1.29 is 23.5 Å². The molecule has 1 spiro atoms. The lowest BCUT2D eigenvalue weighted by atomic mass is 9.82. The SMILES string of the molecule is C[C@H]1[C@H]([Si](C)(C)F)[C@@H](CCn2cc(CCO)nn2)O[C@]12C(=O)N(Cc1cccc(N3CCC3=O)c1)c1ccc(Br)cc12. The highest BCUT2D eigenvalue weighted by Crippen LogP contribution is 2.60. The van der Waals surface area contributed by atoms with Gasteiger partial charge in [0.2, 0.25) is 14.3 Å². The average molecular weight is 657 g/mol. The van der Waals surface area contributed by atoms with Gasteiger partial charge in [0.25, 0.3) is 5.91 Å². The Morgan fingerprint density at radius 2 is 2.02 bits per heavy atom.